The number of benzene rings is 2. The smallest absolute Gasteiger partial charge is 0.169 e. The predicted molar refractivity (Wildman–Crippen MR) is 89.5 cm³/mol. The summed E-state index contributed by atoms with van der Waals surface area (Å²) in [7, 11) is 0. The van der Waals surface area contributed by atoms with E-state index in [9.17, 15) is 0 Å². The van der Waals surface area contributed by atoms with Gasteiger partial charge in [-0.05, 0) is 5.56 Å². The normalized spacial score (nSPS) is 11.0. The summed E-state index contributed by atoms with van der Waals surface area (Å²) < 4.78 is 1.89. The Bertz CT molecular complexity index is 942. The third-order valence-corrected chi connectivity index (χ3v) is 3.82. The van der Waals surface area contributed by atoms with E-state index in [0.717, 1.165) is 33.9 Å². The first kappa shape index (κ1) is 13.6. The molecule has 0 aliphatic heterocycles. The SMILES string of the molecule is NCc1ccc(-c2nnc3cc(-c4ccccc4)ncn23)cc1. The number of hydrogen-bond donors (Lipinski definition) is 1. The molecule has 0 saturated carbocycles. The van der Waals surface area contributed by atoms with Gasteiger partial charge >= 0.3 is 0 Å². The van der Waals surface area contributed by atoms with E-state index < -0.39 is 0 Å². The highest BCUT2D eigenvalue weighted by Gasteiger charge is 2.09. The molecule has 2 aromatic heterocycles. The van der Waals surface area contributed by atoms with Crippen molar-refractivity contribution < 1.29 is 0 Å². The van der Waals surface area contributed by atoms with Crippen LogP contribution in [-0.4, -0.2) is 19.6 Å². The molecule has 0 radical (unpaired) electrons. The van der Waals surface area contributed by atoms with Gasteiger partial charge in [-0.3, -0.25) is 4.40 Å². The maximum Gasteiger partial charge on any atom is 0.169 e. The average molecular weight is 301 g/mol. The van der Waals surface area contributed by atoms with Gasteiger partial charge < -0.3 is 5.73 Å². The first-order valence-electron chi connectivity index (χ1n) is 7.41. The van der Waals surface area contributed by atoms with E-state index >= 15 is 0 Å². The third-order valence-electron chi connectivity index (χ3n) is 3.82. The van der Waals surface area contributed by atoms with Crippen molar-refractivity contribution in [3.8, 4) is 22.6 Å². The van der Waals surface area contributed by atoms with E-state index in [0.29, 0.717) is 6.54 Å². The molecule has 2 N–H and O–H groups in total. The Morgan fingerprint density at radius 2 is 1.65 bits per heavy atom. The zero-order chi connectivity index (χ0) is 15.6. The van der Waals surface area contributed by atoms with Crippen molar-refractivity contribution >= 4 is 5.65 Å². The van der Waals surface area contributed by atoms with Gasteiger partial charge in [-0.25, -0.2) is 4.98 Å². The van der Waals surface area contributed by atoms with Crippen molar-refractivity contribution in [2.45, 2.75) is 6.54 Å². The Labute approximate surface area is 133 Å². The molecule has 0 bridgehead atoms. The monoisotopic (exact) mass is 301 g/mol. The molecule has 0 aliphatic rings. The third kappa shape index (κ3) is 2.47. The number of nitrogens with two attached hydrogens (primary N) is 1. The second-order valence-corrected chi connectivity index (χ2v) is 5.29. The Balaban J connectivity index is 1.78. The predicted octanol–water partition coefficient (Wildman–Crippen LogP) is 2.92. The average Bonchev–Trinajstić information content (AvgIpc) is 3.05. The van der Waals surface area contributed by atoms with Gasteiger partial charge in [0, 0.05) is 23.7 Å². The molecule has 0 aliphatic carbocycles. The molecule has 2 aromatic carbocycles. The largest absolute Gasteiger partial charge is 0.326 e. The molecule has 0 atom stereocenters. The van der Waals surface area contributed by atoms with Gasteiger partial charge in [0.25, 0.3) is 0 Å². The number of fused-ring (bicyclic) bond motifs is 1. The number of rotatable bonds is 3. The van der Waals surface area contributed by atoms with Crippen molar-refractivity contribution in [2.75, 3.05) is 0 Å². The summed E-state index contributed by atoms with van der Waals surface area (Å²) >= 11 is 0. The summed E-state index contributed by atoms with van der Waals surface area (Å²) in [6.45, 7) is 0.531. The second-order valence-electron chi connectivity index (χ2n) is 5.29. The van der Waals surface area contributed by atoms with Crippen LogP contribution in [0.5, 0.6) is 0 Å². The van der Waals surface area contributed by atoms with Gasteiger partial charge in [0.15, 0.2) is 11.5 Å². The fourth-order valence-corrected chi connectivity index (χ4v) is 2.55. The number of nitrogens with zero attached hydrogens (tertiary/aromatic N) is 4. The lowest BCUT2D eigenvalue weighted by atomic mass is 10.1. The molecule has 5 heteroatoms. The van der Waals surface area contributed by atoms with Crippen LogP contribution in [0.25, 0.3) is 28.3 Å². The molecule has 4 rings (SSSR count). The van der Waals surface area contributed by atoms with E-state index in [1.807, 2.05) is 65.1 Å². The number of hydrogen-bond acceptors (Lipinski definition) is 4. The first-order valence-corrected chi connectivity index (χ1v) is 7.41. The Hall–Kier alpha value is -3.05. The Kier molecular flexibility index (Phi) is 3.33. The summed E-state index contributed by atoms with van der Waals surface area (Å²) in [5.41, 5.74) is 10.4. The standard InChI is InChI=1S/C18H15N5/c19-11-13-6-8-15(9-7-13)18-22-21-17-10-16(20-12-23(17)18)14-4-2-1-3-5-14/h1-10,12H,11,19H2. The lowest BCUT2D eigenvalue weighted by molar-refractivity contribution is 1.06. The molecule has 23 heavy (non-hydrogen) atoms. The van der Waals surface area contributed by atoms with Crippen LogP contribution in [0.1, 0.15) is 5.56 Å². The van der Waals surface area contributed by atoms with Crippen LogP contribution >= 0.6 is 0 Å². The summed E-state index contributed by atoms with van der Waals surface area (Å²) in [4.78, 5) is 4.53. The summed E-state index contributed by atoms with van der Waals surface area (Å²) in [5.74, 6) is 0.774. The first-order chi connectivity index (χ1) is 11.3. The lowest BCUT2D eigenvalue weighted by Crippen LogP contribution is -1.96. The molecule has 0 unspecified atom stereocenters. The molecule has 0 fully saturated rings. The fourth-order valence-electron chi connectivity index (χ4n) is 2.55. The van der Waals surface area contributed by atoms with E-state index in [2.05, 4.69) is 15.2 Å². The molecule has 2 heterocycles. The maximum atomic E-state index is 5.64. The topological polar surface area (TPSA) is 69.1 Å². The van der Waals surface area contributed by atoms with Gasteiger partial charge in [0.05, 0.1) is 5.69 Å². The van der Waals surface area contributed by atoms with Gasteiger partial charge in [0.2, 0.25) is 0 Å². The van der Waals surface area contributed by atoms with E-state index in [-0.39, 0.29) is 0 Å². The van der Waals surface area contributed by atoms with Crippen molar-refractivity contribution in [1.82, 2.24) is 19.6 Å². The van der Waals surface area contributed by atoms with E-state index in [4.69, 9.17) is 5.73 Å². The highest BCUT2D eigenvalue weighted by Crippen LogP contribution is 2.22. The summed E-state index contributed by atoms with van der Waals surface area (Å²) in [6, 6.07) is 20.0. The van der Waals surface area contributed by atoms with Crippen LogP contribution in [0.2, 0.25) is 0 Å². The van der Waals surface area contributed by atoms with Crippen LogP contribution in [0.3, 0.4) is 0 Å². The van der Waals surface area contributed by atoms with E-state index in [1.165, 1.54) is 0 Å². The van der Waals surface area contributed by atoms with Gasteiger partial charge in [-0.15, -0.1) is 10.2 Å². The van der Waals surface area contributed by atoms with E-state index in [1.54, 1.807) is 6.33 Å². The minimum atomic E-state index is 0.531. The van der Waals surface area contributed by atoms with Crippen LogP contribution in [0, 0.1) is 0 Å². The highest BCUT2D eigenvalue weighted by molar-refractivity contribution is 5.66. The molecular formula is C18H15N5. The lowest BCUT2D eigenvalue weighted by Gasteiger charge is -2.03. The highest BCUT2D eigenvalue weighted by atomic mass is 15.3. The van der Waals surface area contributed by atoms with Crippen LogP contribution in [-0.2, 0) is 6.54 Å². The van der Waals surface area contributed by atoms with Crippen LogP contribution < -0.4 is 5.73 Å². The van der Waals surface area contributed by atoms with Crippen LogP contribution in [0.15, 0.2) is 67.0 Å². The molecule has 0 saturated heterocycles. The summed E-state index contributed by atoms with van der Waals surface area (Å²) in [5, 5.41) is 8.57. The zero-order valence-corrected chi connectivity index (χ0v) is 12.4. The Morgan fingerprint density at radius 3 is 2.39 bits per heavy atom. The minimum Gasteiger partial charge on any atom is -0.326 e. The minimum absolute atomic E-state index is 0.531. The molecule has 112 valence electrons. The van der Waals surface area contributed by atoms with Crippen molar-refractivity contribution in [1.29, 1.82) is 0 Å². The molecule has 0 spiro atoms. The van der Waals surface area contributed by atoms with Gasteiger partial charge in [0.1, 0.15) is 6.33 Å². The quantitative estimate of drug-likeness (QED) is 0.631. The molecule has 4 aromatic rings. The molecular weight excluding hydrogens is 286 g/mol. The van der Waals surface area contributed by atoms with Crippen molar-refractivity contribution in [3.05, 3.63) is 72.6 Å². The van der Waals surface area contributed by atoms with Crippen molar-refractivity contribution in [3.63, 3.8) is 0 Å². The van der Waals surface area contributed by atoms with Gasteiger partial charge in [-0.2, -0.15) is 0 Å². The maximum absolute atomic E-state index is 5.64. The molecule has 0 amide bonds. The van der Waals surface area contributed by atoms with Gasteiger partial charge in [-0.1, -0.05) is 54.6 Å². The fraction of sp³-hybridized carbons (Fsp3) is 0.0556. The second kappa shape index (κ2) is 5.62. The van der Waals surface area contributed by atoms with Crippen molar-refractivity contribution in [2.24, 2.45) is 5.73 Å². The van der Waals surface area contributed by atoms with Crippen LogP contribution in [0.4, 0.5) is 0 Å². The molecule has 5 nitrogen and oxygen atoms in total. The number of aromatic nitrogens is 4. The zero-order valence-electron chi connectivity index (χ0n) is 12.4. The Morgan fingerprint density at radius 1 is 0.870 bits per heavy atom. The summed E-state index contributed by atoms with van der Waals surface area (Å²) in [6.07, 6.45) is 1.77.